The van der Waals surface area contributed by atoms with Crippen LogP contribution in [0.5, 0.6) is 0 Å². The first-order chi connectivity index (χ1) is 11.0. The van der Waals surface area contributed by atoms with Gasteiger partial charge in [0.05, 0.1) is 10.6 Å². The van der Waals surface area contributed by atoms with E-state index < -0.39 is 5.82 Å². The predicted octanol–water partition coefficient (Wildman–Crippen LogP) is 3.72. The molecule has 0 unspecified atom stereocenters. The number of hydrogen-bond donors (Lipinski definition) is 2. The fourth-order valence-electron chi connectivity index (χ4n) is 2.95. The minimum Gasteiger partial charge on any atom is -0.357 e. The number of rotatable bonds is 3. The molecule has 0 saturated heterocycles. The molecule has 3 aromatic rings. The maximum absolute atomic E-state index is 14.0. The molecule has 0 radical (unpaired) electrons. The number of fused-ring (bicyclic) bond motifs is 1. The zero-order valence-electron chi connectivity index (χ0n) is 12.5. The first kappa shape index (κ1) is 14.3. The summed E-state index contributed by atoms with van der Waals surface area (Å²) in [7, 11) is 1.95. The molecule has 1 aliphatic carbocycles. The van der Waals surface area contributed by atoms with Crippen LogP contribution in [0.3, 0.4) is 0 Å². The Morgan fingerprint density at radius 2 is 2.17 bits per heavy atom. The number of aromatic amines is 1. The molecule has 4 nitrogen and oxygen atoms in total. The van der Waals surface area contributed by atoms with Crippen molar-refractivity contribution in [2.75, 3.05) is 0 Å². The molecule has 1 saturated carbocycles. The van der Waals surface area contributed by atoms with Crippen LogP contribution in [0.1, 0.15) is 28.9 Å². The Balaban J connectivity index is 1.64. The Kier molecular flexibility index (Phi) is 3.03. The van der Waals surface area contributed by atoms with E-state index in [4.69, 9.17) is 11.6 Å². The molecule has 2 heterocycles. The van der Waals surface area contributed by atoms with Gasteiger partial charge in [0.15, 0.2) is 5.82 Å². The number of nitrogens with one attached hydrogen (secondary N) is 2. The van der Waals surface area contributed by atoms with E-state index in [2.05, 4.69) is 10.3 Å². The van der Waals surface area contributed by atoms with Crippen molar-refractivity contribution in [1.82, 2.24) is 14.9 Å². The second kappa shape index (κ2) is 4.86. The molecule has 0 bridgehead atoms. The fourth-order valence-corrected chi connectivity index (χ4v) is 3.11. The maximum atomic E-state index is 14.0. The van der Waals surface area contributed by atoms with Crippen LogP contribution >= 0.6 is 11.6 Å². The van der Waals surface area contributed by atoms with Crippen LogP contribution in [-0.4, -0.2) is 15.5 Å². The molecule has 118 valence electrons. The van der Waals surface area contributed by atoms with Crippen LogP contribution in [0, 0.1) is 5.82 Å². The number of hydrogen-bond acceptors (Lipinski definition) is 1. The molecule has 1 aliphatic rings. The smallest absolute Gasteiger partial charge is 0.268 e. The van der Waals surface area contributed by atoms with Gasteiger partial charge in [0, 0.05) is 30.3 Å². The summed E-state index contributed by atoms with van der Waals surface area (Å²) in [4.78, 5) is 15.5. The number of carbonyl (C=O) groups excluding carboxylic acids is 1. The van der Waals surface area contributed by atoms with E-state index in [9.17, 15) is 9.18 Å². The SMILES string of the molecule is Cn1ccc(C2(NC(=O)c3cc4c(F)c(Cl)ccc4[nH]3)CC2)c1. The molecule has 1 amide bonds. The van der Waals surface area contributed by atoms with E-state index in [0.717, 1.165) is 18.4 Å². The number of H-pyrrole nitrogens is 1. The maximum Gasteiger partial charge on any atom is 0.268 e. The lowest BCUT2D eigenvalue weighted by Crippen LogP contribution is -2.34. The normalized spacial score (nSPS) is 15.8. The number of halogens is 2. The van der Waals surface area contributed by atoms with E-state index in [1.54, 1.807) is 6.07 Å². The van der Waals surface area contributed by atoms with Gasteiger partial charge in [-0.05, 0) is 42.7 Å². The van der Waals surface area contributed by atoms with Crippen LogP contribution in [0.4, 0.5) is 4.39 Å². The fraction of sp³-hybridized carbons (Fsp3) is 0.235. The minimum absolute atomic E-state index is 0.0476. The third-order valence-electron chi connectivity index (χ3n) is 4.42. The van der Waals surface area contributed by atoms with Crippen molar-refractivity contribution in [3.05, 3.63) is 58.8 Å². The Morgan fingerprint density at radius 1 is 1.39 bits per heavy atom. The van der Waals surface area contributed by atoms with Crippen LogP contribution in [0.15, 0.2) is 36.7 Å². The summed E-state index contributed by atoms with van der Waals surface area (Å²) >= 11 is 5.78. The largest absolute Gasteiger partial charge is 0.357 e. The molecule has 0 aliphatic heterocycles. The molecular formula is C17H15ClFN3O. The average Bonchev–Trinajstić information content (AvgIpc) is 2.97. The van der Waals surface area contributed by atoms with Gasteiger partial charge in [-0.2, -0.15) is 0 Å². The van der Waals surface area contributed by atoms with Crippen molar-refractivity contribution < 1.29 is 9.18 Å². The van der Waals surface area contributed by atoms with Crippen LogP contribution in [0.25, 0.3) is 10.9 Å². The summed E-state index contributed by atoms with van der Waals surface area (Å²) in [6.45, 7) is 0. The quantitative estimate of drug-likeness (QED) is 0.755. The highest BCUT2D eigenvalue weighted by Gasteiger charge is 2.46. The highest BCUT2D eigenvalue weighted by Crippen LogP contribution is 2.45. The summed E-state index contributed by atoms with van der Waals surface area (Å²) in [6.07, 6.45) is 5.78. The highest BCUT2D eigenvalue weighted by molar-refractivity contribution is 6.31. The minimum atomic E-state index is -0.510. The first-order valence-corrected chi connectivity index (χ1v) is 7.78. The summed E-state index contributed by atoms with van der Waals surface area (Å²) in [5.74, 6) is -0.748. The van der Waals surface area contributed by atoms with Gasteiger partial charge in [0.1, 0.15) is 5.69 Å². The number of aromatic nitrogens is 2. The summed E-state index contributed by atoms with van der Waals surface area (Å²) in [5.41, 5.74) is 1.69. The van der Waals surface area contributed by atoms with E-state index in [1.165, 1.54) is 12.1 Å². The Labute approximate surface area is 137 Å². The number of benzene rings is 1. The molecule has 2 aromatic heterocycles. The lowest BCUT2D eigenvalue weighted by molar-refractivity contribution is 0.0926. The number of carbonyl (C=O) groups is 1. The van der Waals surface area contributed by atoms with Gasteiger partial charge >= 0.3 is 0 Å². The van der Waals surface area contributed by atoms with Crippen molar-refractivity contribution in [2.45, 2.75) is 18.4 Å². The lowest BCUT2D eigenvalue weighted by atomic mass is 10.1. The molecule has 1 fully saturated rings. The van der Waals surface area contributed by atoms with Gasteiger partial charge < -0.3 is 14.9 Å². The Bertz CT molecular complexity index is 923. The average molecular weight is 332 g/mol. The Hall–Kier alpha value is -2.27. The monoisotopic (exact) mass is 331 g/mol. The standard InChI is InChI=1S/C17H15ClFN3O/c1-22-7-4-10(9-22)17(5-6-17)21-16(23)14-8-11-13(20-14)3-2-12(18)15(11)19/h2-4,7-9,20H,5-6H2,1H3,(H,21,23). The molecule has 6 heteroatoms. The van der Waals surface area contributed by atoms with Crippen molar-refractivity contribution in [1.29, 1.82) is 0 Å². The van der Waals surface area contributed by atoms with Gasteiger partial charge in [0.25, 0.3) is 5.91 Å². The third-order valence-corrected chi connectivity index (χ3v) is 4.71. The van der Waals surface area contributed by atoms with E-state index in [0.29, 0.717) is 16.6 Å². The van der Waals surface area contributed by atoms with Crippen LogP contribution < -0.4 is 5.32 Å². The molecule has 0 atom stereocenters. The highest BCUT2D eigenvalue weighted by atomic mass is 35.5. The first-order valence-electron chi connectivity index (χ1n) is 7.40. The summed E-state index contributed by atoms with van der Waals surface area (Å²) in [6, 6.07) is 6.66. The second-order valence-corrected chi connectivity index (χ2v) is 6.51. The number of aryl methyl sites for hydroxylation is 1. The van der Waals surface area contributed by atoms with E-state index in [1.807, 2.05) is 30.1 Å². The zero-order chi connectivity index (χ0) is 16.2. The topological polar surface area (TPSA) is 49.8 Å². The predicted molar refractivity (Wildman–Crippen MR) is 87.1 cm³/mol. The van der Waals surface area contributed by atoms with Crippen LogP contribution in [0.2, 0.25) is 5.02 Å². The second-order valence-electron chi connectivity index (χ2n) is 6.11. The van der Waals surface area contributed by atoms with Gasteiger partial charge in [-0.1, -0.05) is 11.6 Å². The van der Waals surface area contributed by atoms with E-state index in [-0.39, 0.29) is 16.5 Å². The third kappa shape index (κ3) is 2.32. The van der Waals surface area contributed by atoms with Crippen LogP contribution in [-0.2, 0) is 12.6 Å². The van der Waals surface area contributed by atoms with E-state index >= 15 is 0 Å². The van der Waals surface area contributed by atoms with Gasteiger partial charge in [-0.3, -0.25) is 4.79 Å². The molecular weight excluding hydrogens is 317 g/mol. The molecule has 4 rings (SSSR count). The number of nitrogens with zero attached hydrogens (tertiary/aromatic N) is 1. The summed E-state index contributed by atoms with van der Waals surface area (Å²) < 4.78 is 16.0. The zero-order valence-corrected chi connectivity index (χ0v) is 13.2. The number of amides is 1. The van der Waals surface area contributed by atoms with Gasteiger partial charge in [-0.25, -0.2) is 4.39 Å². The van der Waals surface area contributed by atoms with Crippen molar-refractivity contribution in [2.24, 2.45) is 7.05 Å². The van der Waals surface area contributed by atoms with Gasteiger partial charge in [-0.15, -0.1) is 0 Å². The lowest BCUT2D eigenvalue weighted by Gasteiger charge is -2.15. The molecule has 2 N–H and O–H groups in total. The molecule has 0 spiro atoms. The van der Waals surface area contributed by atoms with Crippen molar-refractivity contribution in [3.63, 3.8) is 0 Å². The summed E-state index contributed by atoms with van der Waals surface area (Å²) in [5, 5.41) is 3.44. The van der Waals surface area contributed by atoms with Crippen molar-refractivity contribution in [3.8, 4) is 0 Å². The molecule has 1 aromatic carbocycles. The van der Waals surface area contributed by atoms with Gasteiger partial charge in [0.2, 0.25) is 0 Å². The Morgan fingerprint density at radius 3 is 2.83 bits per heavy atom. The van der Waals surface area contributed by atoms with Crippen molar-refractivity contribution >= 4 is 28.4 Å². The molecule has 23 heavy (non-hydrogen) atoms.